The molecule has 0 radical (unpaired) electrons. The van der Waals surface area contributed by atoms with Crippen molar-refractivity contribution in [2.75, 3.05) is 6.54 Å². The molecule has 2 heterocycles. The van der Waals surface area contributed by atoms with Crippen molar-refractivity contribution in [3.05, 3.63) is 48.3 Å². The molecule has 0 unspecified atom stereocenters. The molecule has 0 aliphatic carbocycles. The number of para-hydroxylation sites is 2. The lowest BCUT2D eigenvalue weighted by Crippen LogP contribution is -2.38. The summed E-state index contributed by atoms with van der Waals surface area (Å²) in [5.41, 5.74) is 1.57. The minimum absolute atomic E-state index is 0.197. The van der Waals surface area contributed by atoms with Crippen LogP contribution >= 0.6 is 0 Å². The molecule has 0 bridgehead atoms. The molecule has 0 spiro atoms. The highest BCUT2D eigenvalue weighted by molar-refractivity contribution is 6.07. The molecule has 1 aliphatic heterocycles. The molecule has 2 amide bonds. The third kappa shape index (κ3) is 2.10. The Morgan fingerprint density at radius 2 is 2.00 bits per heavy atom. The maximum Gasteiger partial charge on any atom is 0.280 e. The van der Waals surface area contributed by atoms with Gasteiger partial charge in [0.1, 0.15) is 5.69 Å². The van der Waals surface area contributed by atoms with E-state index in [2.05, 4.69) is 9.97 Å². The van der Waals surface area contributed by atoms with Crippen molar-refractivity contribution in [3.63, 3.8) is 0 Å². The summed E-state index contributed by atoms with van der Waals surface area (Å²) in [4.78, 5) is 33.5. The highest BCUT2D eigenvalue weighted by Crippen LogP contribution is 2.12. The molecule has 0 atom stereocenters. The SMILES string of the molecule is O=C1C=CCCN1C(=O)c1cnc2ccccc2n1. The second-order valence-electron chi connectivity index (χ2n) is 4.23. The number of imide groups is 1. The van der Waals surface area contributed by atoms with Gasteiger partial charge in [0.25, 0.3) is 11.8 Å². The third-order valence-electron chi connectivity index (χ3n) is 2.96. The zero-order chi connectivity index (χ0) is 13.2. The smallest absolute Gasteiger partial charge is 0.273 e. The number of carbonyl (C=O) groups excluding carboxylic acids is 2. The highest BCUT2D eigenvalue weighted by Gasteiger charge is 2.24. The van der Waals surface area contributed by atoms with E-state index in [-0.39, 0.29) is 11.6 Å². The highest BCUT2D eigenvalue weighted by atomic mass is 16.2. The molecule has 19 heavy (non-hydrogen) atoms. The van der Waals surface area contributed by atoms with Crippen molar-refractivity contribution in [2.45, 2.75) is 6.42 Å². The number of hydrogen-bond acceptors (Lipinski definition) is 4. The van der Waals surface area contributed by atoms with Gasteiger partial charge in [0.15, 0.2) is 0 Å². The summed E-state index contributed by atoms with van der Waals surface area (Å²) >= 11 is 0. The fourth-order valence-corrected chi connectivity index (χ4v) is 1.99. The normalized spacial score (nSPS) is 14.9. The predicted octanol–water partition coefficient (Wildman–Crippen LogP) is 1.56. The minimum Gasteiger partial charge on any atom is -0.273 e. The maximum absolute atomic E-state index is 12.2. The van der Waals surface area contributed by atoms with Crippen LogP contribution in [0.15, 0.2) is 42.6 Å². The van der Waals surface area contributed by atoms with Crippen LogP contribution in [0.1, 0.15) is 16.9 Å². The van der Waals surface area contributed by atoms with E-state index in [0.717, 1.165) is 5.52 Å². The van der Waals surface area contributed by atoms with Gasteiger partial charge in [0.05, 0.1) is 17.2 Å². The van der Waals surface area contributed by atoms with E-state index in [9.17, 15) is 9.59 Å². The van der Waals surface area contributed by atoms with E-state index in [1.807, 2.05) is 18.2 Å². The molecule has 2 aromatic rings. The van der Waals surface area contributed by atoms with E-state index in [4.69, 9.17) is 0 Å². The lowest BCUT2D eigenvalue weighted by molar-refractivity contribution is -0.124. The van der Waals surface area contributed by atoms with E-state index in [1.54, 1.807) is 12.1 Å². The largest absolute Gasteiger partial charge is 0.280 e. The molecule has 1 aliphatic rings. The first kappa shape index (κ1) is 11.5. The number of amides is 2. The van der Waals surface area contributed by atoms with Crippen LogP contribution in [0.3, 0.4) is 0 Å². The first-order chi connectivity index (χ1) is 9.25. The molecule has 1 aromatic carbocycles. The maximum atomic E-state index is 12.2. The van der Waals surface area contributed by atoms with Crippen LogP contribution in [0.5, 0.6) is 0 Å². The summed E-state index contributed by atoms with van der Waals surface area (Å²) in [6.07, 6.45) is 5.27. The summed E-state index contributed by atoms with van der Waals surface area (Å²) in [7, 11) is 0. The van der Waals surface area contributed by atoms with Crippen molar-refractivity contribution in [3.8, 4) is 0 Å². The topological polar surface area (TPSA) is 63.2 Å². The van der Waals surface area contributed by atoms with Crippen molar-refractivity contribution in [1.82, 2.24) is 14.9 Å². The van der Waals surface area contributed by atoms with E-state index < -0.39 is 5.91 Å². The number of benzene rings is 1. The second kappa shape index (κ2) is 4.61. The van der Waals surface area contributed by atoms with E-state index >= 15 is 0 Å². The molecular formula is C14H11N3O2. The Hall–Kier alpha value is -2.56. The number of rotatable bonds is 1. The van der Waals surface area contributed by atoms with Crippen molar-refractivity contribution in [1.29, 1.82) is 0 Å². The number of aromatic nitrogens is 2. The fraction of sp³-hybridized carbons (Fsp3) is 0.143. The molecule has 0 fully saturated rings. The number of fused-ring (bicyclic) bond motifs is 1. The summed E-state index contributed by atoms with van der Waals surface area (Å²) < 4.78 is 0. The van der Waals surface area contributed by atoms with Crippen molar-refractivity contribution < 1.29 is 9.59 Å². The first-order valence-corrected chi connectivity index (χ1v) is 6.00. The van der Waals surface area contributed by atoms with Gasteiger partial charge in [0, 0.05) is 6.54 Å². The van der Waals surface area contributed by atoms with Gasteiger partial charge in [-0.2, -0.15) is 0 Å². The standard InChI is InChI=1S/C14H11N3O2/c18-13-7-3-4-8-17(13)14(19)12-9-15-10-5-1-2-6-11(10)16-12/h1-3,5-7,9H,4,8H2. The van der Waals surface area contributed by atoms with Crippen LogP contribution in [0.4, 0.5) is 0 Å². The van der Waals surface area contributed by atoms with E-state index in [0.29, 0.717) is 18.5 Å². The molecule has 5 nitrogen and oxygen atoms in total. The van der Waals surface area contributed by atoms with Crippen LogP contribution in [-0.2, 0) is 4.79 Å². The Morgan fingerprint density at radius 1 is 1.21 bits per heavy atom. The van der Waals surface area contributed by atoms with Crippen LogP contribution in [0, 0.1) is 0 Å². The summed E-state index contributed by atoms with van der Waals surface area (Å²) in [5, 5.41) is 0. The minimum atomic E-state index is -0.396. The Morgan fingerprint density at radius 3 is 2.79 bits per heavy atom. The number of carbonyl (C=O) groups is 2. The van der Waals surface area contributed by atoms with Gasteiger partial charge in [-0.3, -0.25) is 19.5 Å². The zero-order valence-corrected chi connectivity index (χ0v) is 10.1. The number of hydrogen-bond donors (Lipinski definition) is 0. The Bertz CT molecular complexity index is 694. The van der Waals surface area contributed by atoms with Gasteiger partial charge >= 0.3 is 0 Å². The van der Waals surface area contributed by atoms with Crippen LogP contribution < -0.4 is 0 Å². The van der Waals surface area contributed by atoms with Crippen LogP contribution in [-0.4, -0.2) is 33.2 Å². The Kier molecular flexibility index (Phi) is 2.79. The molecular weight excluding hydrogens is 242 g/mol. The van der Waals surface area contributed by atoms with Crippen molar-refractivity contribution in [2.24, 2.45) is 0 Å². The average molecular weight is 253 g/mol. The predicted molar refractivity (Wildman–Crippen MR) is 69.3 cm³/mol. The average Bonchev–Trinajstić information content (AvgIpc) is 2.46. The molecule has 0 saturated carbocycles. The van der Waals surface area contributed by atoms with E-state index in [1.165, 1.54) is 17.2 Å². The third-order valence-corrected chi connectivity index (χ3v) is 2.96. The van der Waals surface area contributed by atoms with Crippen LogP contribution in [0.2, 0.25) is 0 Å². The van der Waals surface area contributed by atoms with Gasteiger partial charge in [-0.15, -0.1) is 0 Å². The van der Waals surface area contributed by atoms with Crippen LogP contribution in [0.25, 0.3) is 11.0 Å². The van der Waals surface area contributed by atoms with Gasteiger partial charge in [0.2, 0.25) is 0 Å². The second-order valence-corrected chi connectivity index (χ2v) is 4.23. The Balaban J connectivity index is 1.97. The molecule has 0 N–H and O–H groups in total. The Labute approximate surface area is 109 Å². The first-order valence-electron chi connectivity index (χ1n) is 6.00. The summed E-state index contributed by atoms with van der Waals surface area (Å²) in [5.74, 6) is -0.696. The summed E-state index contributed by atoms with van der Waals surface area (Å²) in [6, 6.07) is 7.31. The number of nitrogens with zero attached hydrogens (tertiary/aromatic N) is 3. The lowest BCUT2D eigenvalue weighted by Gasteiger charge is -2.20. The van der Waals surface area contributed by atoms with Gasteiger partial charge in [-0.25, -0.2) is 4.98 Å². The molecule has 0 saturated heterocycles. The quantitative estimate of drug-likeness (QED) is 0.723. The molecule has 1 aromatic heterocycles. The fourth-order valence-electron chi connectivity index (χ4n) is 1.99. The molecule has 5 heteroatoms. The van der Waals surface area contributed by atoms with Gasteiger partial charge < -0.3 is 0 Å². The van der Waals surface area contributed by atoms with Crippen molar-refractivity contribution >= 4 is 22.8 Å². The van der Waals surface area contributed by atoms with Gasteiger partial charge in [-0.05, 0) is 24.6 Å². The molecule has 3 rings (SSSR count). The summed E-state index contributed by atoms with van der Waals surface area (Å²) in [6.45, 7) is 0.392. The monoisotopic (exact) mass is 253 g/mol. The lowest BCUT2D eigenvalue weighted by atomic mass is 10.2. The van der Waals surface area contributed by atoms with Gasteiger partial charge in [-0.1, -0.05) is 18.2 Å². The molecule has 94 valence electrons. The zero-order valence-electron chi connectivity index (χ0n) is 10.1.